The summed E-state index contributed by atoms with van der Waals surface area (Å²) in [6.45, 7) is 8.46. The summed E-state index contributed by atoms with van der Waals surface area (Å²) in [4.78, 5) is 5.77. The molecule has 1 aromatic heterocycles. The average Bonchev–Trinajstić information content (AvgIpc) is 2.29. The van der Waals surface area contributed by atoms with Crippen molar-refractivity contribution in [3.8, 4) is 0 Å². The Morgan fingerprint density at radius 3 is 2.50 bits per heavy atom. The van der Waals surface area contributed by atoms with Crippen LogP contribution < -0.4 is 10.6 Å². The molecule has 0 amide bonds. The van der Waals surface area contributed by atoms with E-state index in [1.54, 1.807) is 29.3 Å². The van der Waals surface area contributed by atoms with Crippen LogP contribution in [-0.4, -0.2) is 18.1 Å². The summed E-state index contributed by atoms with van der Waals surface area (Å²) in [5.41, 5.74) is 5.90. The lowest BCUT2D eigenvalue weighted by Gasteiger charge is -2.21. The normalized spacial score (nSPS) is 9.88. The molecule has 1 heterocycles. The van der Waals surface area contributed by atoms with E-state index in [4.69, 9.17) is 5.73 Å². The topological polar surface area (TPSA) is 42.2 Å². The molecular formula is C12H16FN3. The van der Waals surface area contributed by atoms with Gasteiger partial charge in [-0.15, -0.1) is 13.2 Å². The predicted octanol–water partition coefficient (Wildman–Crippen LogP) is 1.86. The summed E-state index contributed by atoms with van der Waals surface area (Å²) in [6.07, 6.45) is 4.94. The standard InChI is InChI=1S/C12H16FN3/c1-3-7-16(8-4-2)12-11(13)10(9-14)5-6-15-12/h3-6H,1-2,7-9,14H2. The first kappa shape index (κ1) is 12.4. The minimum Gasteiger partial charge on any atom is -0.347 e. The average molecular weight is 221 g/mol. The monoisotopic (exact) mass is 221 g/mol. The van der Waals surface area contributed by atoms with Gasteiger partial charge >= 0.3 is 0 Å². The van der Waals surface area contributed by atoms with Gasteiger partial charge in [0.1, 0.15) is 0 Å². The molecule has 0 saturated heterocycles. The van der Waals surface area contributed by atoms with Gasteiger partial charge in [0.15, 0.2) is 11.6 Å². The number of nitrogens with zero attached hydrogens (tertiary/aromatic N) is 2. The van der Waals surface area contributed by atoms with Crippen LogP contribution in [0.1, 0.15) is 5.56 Å². The number of aromatic nitrogens is 1. The number of anilines is 1. The molecule has 0 saturated carbocycles. The maximum atomic E-state index is 13.9. The molecule has 0 bridgehead atoms. The van der Waals surface area contributed by atoms with E-state index in [1.165, 1.54) is 0 Å². The third kappa shape index (κ3) is 2.67. The fraction of sp³-hybridized carbons (Fsp3) is 0.250. The number of rotatable bonds is 6. The molecule has 1 rings (SSSR count). The summed E-state index contributed by atoms with van der Waals surface area (Å²) < 4.78 is 13.9. The van der Waals surface area contributed by atoms with Crippen LogP contribution in [0.5, 0.6) is 0 Å². The van der Waals surface area contributed by atoms with Crippen molar-refractivity contribution in [3.05, 3.63) is 49.0 Å². The maximum Gasteiger partial charge on any atom is 0.170 e. The largest absolute Gasteiger partial charge is 0.347 e. The van der Waals surface area contributed by atoms with Crippen molar-refractivity contribution in [2.45, 2.75) is 6.54 Å². The number of nitrogens with two attached hydrogens (primary N) is 1. The third-order valence-electron chi connectivity index (χ3n) is 2.17. The van der Waals surface area contributed by atoms with Crippen molar-refractivity contribution in [2.75, 3.05) is 18.0 Å². The highest BCUT2D eigenvalue weighted by atomic mass is 19.1. The summed E-state index contributed by atoms with van der Waals surface area (Å²) in [5, 5.41) is 0. The second-order valence-electron chi connectivity index (χ2n) is 3.29. The van der Waals surface area contributed by atoms with Crippen molar-refractivity contribution in [1.29, 1.82) is 0 Å². The molecule has 0 fully saturated rings. The molecule has 1 aromatic rings. The quantitative estimate of drug-likeness (QED) is 0.745. The van der Waals surface area contributed by atoms with Crippen LogP contribution in [0.25, 0.3) is 0 Å². The Hall–Kier alpha value is -1.68. The fourth-order valence-electron chi connectivity index (χ4n) is 1.41. The van der Waals surface area contributed by atoms with Gasteiger partial charge in [0, 0.05) is 31.4 Å². The fourth-order valence-corrected chi connectivity index (χ4v) is 1.41. The molecule has 86 valence electrons. The Morgan fingerprint density at radius 1 is 1.38 bits per heavy atom. The van der Waals surface area contributed by atoms with Gasteiger partial charge in [0.25, 0.3) is 0 Å². The van der Waals surface area contributed by atoms with Crippen molar-refractivity contribution in [1.82, 2.24) is 4.98 Å². The first-order chi connectivity index (χ1) is 7.74. The first-order valence-corrected chi connectivity index (χ1v) is 5.04. The maximum absolute atomic E-state index is 13.9. The highest BCUT2D eigenvalue weighted by Gasteiger charge is 2.13. The van der Waals surface area contributed by atoms with Gasteiger partial charge in [0.2, 0.25) is 0 Å². The molecule has 0 radical (unpaired) electrons. The molecule has 16 heavy (non-hydrogen) atoms. The zero-order chi connectivity index (χ0) is 12.0. The van der Waals surface area contributed by atoms with E-state index >= 15 is 0 Å². The van der Waals surface area contributed by atoms with Gasteiger partial charge in [-0.3, -0.25) is 0 Å². The Kier molecular flexibility index (Phi) is 4.66. The second kappa shape index (κ2) is 6.02. The van der Waals surface area contributed by atoms with Gasteiger partial charge < -0.3 is 10.6 Å². The van der Waals surface area contributed by atoms with Crippen molar-refractivity contribution >= 4 is 5.82 Å². The third-order valence-corrected chi connectivity index (χ3v) is 2.17. The SMILES string of the molecule is C=CCN(CC=C)c1nccc(CN)c1F. The van der Waals surface area contributed by atoms with Crippen molar-refractivity contribution in [2.24, 2.45) is 5.73 Å². The van der Waals surface area contributed by atoms with Crippen LogP contribution in [0.4, 0.5) is 10.2 Å². The lowest BCUT2D eigenvalue weighted by molar-refractivity contribution is 0.599. The lowest BCUT2D eigenvalue weighted by Crippen LogP contribution is -2.26. The summed E-state index contributed by atoms with van der Waals surface area (Å²) in [6, 6.07) is 1.58. The van der Waals surface area contributed by atoms with Gasteiger partial charge in [-0.1, -0.05) is 12.2 Å². The smallest absolute Gasteiger partial charge is 0.170 e. The van der Waals surface area contributed by atoms with E-state index in [0.717, 1.165) is 0 Å². The molecule has 3 nitrogen and oxygen atoms in total. The summed E-state index contributed by atoms with van der Waals surface area (Å²) >= 11 is 0. The van der Waals surface area contributed by atoms with Crippen LogP contribution >= 0.6 is 0 Å². The van der Waals surface area contributed by atoms with Crippen LogP contribution in [0, 0.1) is 5.82 Å². The van der Waals surface area contributed by atoms with E-state index in [2.05, 4.69) is 18.1 Å². The predicted molar refractivity (Wildman–Crippen MR) is 64.7 cm³/mol. The number of halogens is 1. The minimum absolute atomic E-state index is 0.164. The van der Waals surface area contributed by atoms with E-state index in [1.807, 2.05) is 0 Å². The Labute approximate surface area is 95.1 Å². The Morgan fingerprint density at radius 2 is 2.00 bits per heavy atom. The Balaban J connectivity index is 3.07. The van der Waals surface area contributed by atoms with Gasteiger partial charge in [-0.25, -0.2) is 9.37 Å². The zero-order valence-electron chi connectivity index (χ0n) is 9.19. The summed E-state index contributed by atoms with van der Waals surface area (Å²) in [7, 11) is 0. The van der Waals surface area contributed by atoms with Crippen molar-refractivity contribution in [3.63, 3.8) is 0 Å². The highest BCUT2D eigenvalue weighted by molar-refractivity contribution is 5.44. The highest BCUT2D eigenvalue weighted by Crippen LogP contribution is 2.18. The summed E-state index contributed by atoms with van der Waals surface area (Å²) in [5.74, 6) is -0.0727. The lowest BCUT2D eigenvalue weighted by atomic mass is 10.2. The van der Waals surface area contributed by atoms with Gasteiger partial charge in [-0.2, -0.15) is 0 Å². The molecule has 0 aliphatic carbocycles. The molecule has 4 heteroatoms. The second-order valence-corrected chi connectivity index (χ2v) is 3.29. The molecule has 0 aliphatic rings. The van der Waals surface area contributed by atoms with Crippen molar-refractivity contribution < 1.29 is 4.39 Å². The minimum atomic E-state index is -0.367. The van der Waals surface area contributed by atoms with Crippen LogP contribution in [0.2, 0.25) is 0 Å². The molecule has 0 aromatic carbocycles. The van der Waals surface area contributed by atoms with Crippen LogP contribution in [0.3, 0.4) is 0 Å². The molecule has 0 unspecified atom stereocenters. The first-order valence-electron chi connectivity index (χ1n) is 5.04. The van der Waals surface area contributed by atoms with E-state index in [-0.39, 0.29) is 12.4 Å². The number of hydrogen-bond donors (Lipinski definition) is 1. The molecule has 0 spiro atoms. The van der Waals surface area contributed by atoms with E-state index in [0.29, 0.717) is 24.5 Å². The zero-order valence-corrected chi connectivity index (χ0v) is 9.19. The van der Waals surface area contributed by atoms with Gasteiger partial charge in [0.05, 0.1) is 0 Å². The number of hydrogen-bond acceptors (Lipinski definition) is 3. The van der Waals surface area contributed by atoms with Crippen LogP contribution in [-0.2, 0) is 6.54 Å². The molecule has 2 N–H and O–H groups in total. The molecule has 0 atom stereocenters. The molecule has 0 aliphatic heterocycles. The van der Waals surface area contributed by atoms with E-state index in [9.17, 15) is 4.39 Å². The van der Waals surface area contributed by atoms with Crippen LogP contribution in [0.15, 0.2) is 37.6 Å². The van der Waals surface area contributed by atoms with E-state index < -0.39 is 0 Å². The number of pyridine rings is 1. The Bertz CT molecular complexity index is 367. The van der Waals surface area contributed by atoms with Gasteiger partial charge in [-0.05, 0) is 6.07 Å². The molecular weight excluding hydrogens is 205 g/mol.